The molecule has 0 aliphatic carbocycles. The third-order valence-corrected chi connectivity index (χ3v) is 6.32. The molecular formula is C24H25ClN2O2. The molecule has 5 heteroatoms. The zero-order valence-electron chi connectivity index (χ0n) is 16.6. The maximum atomic E-state index is 13.3. The Bertz CT molecular complexity index is 955. The quantitative estimate of drug-likeness (QED) is 0.726. The van der Waals surface area contributed by atoms with E-state index in [1.807, 2.05) is 59.5 Å². The van der Waals surface area contributed by atoms with E-state index in [0.717, 1.165) is 47.5 Å². The van der Waals surface area contributed by atoms with E-state index >= 15 is 0 Å². The maximum Gasteiger partial charge on any atom is 0.225 e. The minimum Gasteiger partial charge on any atom is -0.339 e. The molecule has 2 unspecified atom stereocenters. The second-order valence-electron chi connectivity index (χ2n) is 7.77. The van der Waals surface area contributed by atoms with Gasteiger partial charge in [0.15, 0.2) is 0 Å². The van der Waals surface area contributed by atoms with E-state index in [1.165, 1.54) is 0 Å². The molecule has 2 aliphatic heterocycles. The summed E-state index contributed by atoms with van der Waals surface area (Å²) in [6, 6.07) is 15.7. The summed E-state index contributed by atoms with van der Waals surface area (Å²) >= 11 is 6.34. The lowest BCUT2D eigenvalue weighted by Gasteiger charge is -2.34. The number of hydrogen-bond acceptors (Lipinski definition) is 2. The molecule has 0 bridgehead atoms. The van der Waals surface area contributed by atoms with Crippen LogP contribution in [0.5, 0.6) is 0 Å². The highest BCUT2D eigenvalue weighted by molar-refractivity contribution is 6.31. The van der Waals surface area contributed by atoms with Crippen molar-refractivity contribution in [2.24, 2.45) is 0 Å². The van der Waals surface area contributed by atoms with Gasteiger partial charge >= 0.3 is 0 Å². The molecule has 2 amide bonds. The van der Waals surface area contributed by atoms with Crippen LogP contribution in [0.4, 0.5) is 0 Å². The van der Waals surface area contributed by atoms with Gasteiger partial charge in [0.2, 0.25) is 11.8 Å². The van der Waals surface area contributed by atoms with Gasteiger partial charge in [0.05, 0.1) is 12.5 Å². The van der Waals surface area contributed by atoms with Crippen LogP contribution in [0.2, 0.25) is 5.02 Å². The van der Waals surface area contributed by atoms with Crippen molar-refractivity contribution in [2.75, 3.05) is 6.54 Å². The van der Waals surface area contributed by atoms with Crippen LogP contribution in [-0.4, -0.2) is 34.2 Å². The molecule has 1 fully saturated rings. The van der Waals surface area contributed by atoms with Gasteiger partial charge < -0.3 is 9.80 Å². The summed E-state index contributed by atoms with van der Waals surface area (Å²) in [7, 11) is 0. The number of fused-ring (bicyclic) bond motifs is 1. The highest BCUT2D eigenvalue weighted by Crippen LogP contribution is 2.34. The summed E-state index contributed by atoms with van der Waals surface area (Å²) in [6.07, 6.45) is 6.78. The zero-order chi connectivity index (χ0) is 20.4. The normalized spacial score (nSPS) is 20.6. The Morgan fingerprint density at radius 2 is 1.86 bits per heavy atom. The van der Waals surface area contributed by atoms with Gasteiger partial charge in [-0.25, -0.2) is 0 Å². The number of hydrogen-bond donors (Lipinski definition) is 0. The zero-order valence-corrected chi connectivity index (χ0v) is 17.3. The monoisotopic (exact) mass is 408 g/mol. The van der Waals surface area contributed by atoms with E-state index in [1.54, 1.807) is 18.0 Å². The molecule has 0 radical (unpaired) electrons. The fourth-order valence-electron chi connectivity index (χ4n) is 4.49. The van der Waals surface area contributed by atoms with Gasteiger partial charge in [-0.2, -0.15) is 0 Å². The van der Waals surface area contributed by atoms with Crippen molar-refractivity contribution in [1.82, 2.24) is 9.80 Å². The van der Waals surface area contributed by atoms with Crippen LogP contribution in [0, 0.1) is 0 Å². The molecule has 2 heterocycles. The van der Waals surface area contributed by atoms with E-state index in [0.29, 0.717) is 6.42 Å². The van der Waals surface area contributed by atoms with Crippen molar-refractivity contribution in [1.29, 1.82) is 0 Å². The Hall–Kier alpha value is -2.59. The predicted octanol–water partition coefficient (Wildman–Crippen LogP) is 4.84. The van der Waals surface area contributed by atoms with Gasteiger partial charge in [0, 0.05) is 30.7 Å². The van der Waals surface area contributed by atoms with Crippen molar-refractivity contribution in [3.05, 3.63) is 76.4 Å². The predicted molar refractivity (Wildman–Crippen MR) is 115 cm³/mol. The Labute approximate surface area is 176 Å². The van der Waals surface area contributed by atoms with E-state index in [9.17, 15) is 9.59 Å². The highest BCUT2D eigenvalue weighted by atomic mass is 35.5. The van der Waals surface area contributed by atoms with E-state index in [-0.39, 0.29) is 23.9 Å². The number of benzene rings is 2. The molecule has 4 rings (SSSR count). The van der Waals surface area contributed by atoms with Crippen LogP contribution in [0.25, 0.3) is 6.08 Å². The smallest absolute Gasteiger partial charge is 0.225 e. The lowest BCUT2D eigenvalue weighted by Crippen LogP contribution is -2.40. The van der Waals surface area contributed by atoms with Crippen molar-refractivity contribution in [3.8, 4) is 0 Å². The number of rotatable bonds is 4. The molecule has 0 saturated carbocycles. The van der Waals surface area contributed by atoms with Gasteiger partial charge in [0.1, 0.15) is 0 Å². The second kappa shape index (κ2) is 8.42. The first-order chi connectivity index (χ1) is 14.0. The Morgan fingerprint density at radius 3 is 2.66 bits per heavy atom. The Kier molecular flexibility index (Phi) is 5.72. The summed E-state index contributed by atoms with van der Waals surface area (Å²) < 4.78 is 0. The van der Waals surface area contributed by atoms with Gasteiger partial charge in [-0.3, -0.25) is 9.59 Å². The summed E-state index contributed by atoms with van der Waals surface area (Å²) in [6.45, 7) is 2.31. The van der Waals surface area contributed by atoms with Crippen LogP contribution < -0.4 is 0 Å². The number of carbonyl (C=O) groups is 2. The molecule has 4 nitrogen and oxygen atoms in total. The Morgan fingerprint density at radius 1 is 1.10 bits per heavy atom. The first kappa shape index (κ1) is 19.7. The average Bonchev–Trinajstić information content (AvgIpc) is 3.18. The lowest BCUT2D eigenvalue weighted by molar-refractivity contribution is -0.135. The molecule has 2 aromatic rings. The van der Waals surface area contributed by atoms with Crippen molar-refractivity contribution < 1.29 is 9.59 Å². The van der Waals surface area contributed by atoms with E-state index in [4.69, 9.17) is 11.6 Å². The summed E-state index contributed by atoms with van der Waals surface area (Å²) in [5.74, 6) is 0.0449. The van der Waals surface area contributed by atoms with Crippen LogP contribution in [0.1, 0.15) is 48.9 Å². The van der Waals surface area contributed by atoms with Gasteiger partial charge in [-0.1, -0.05) is 54.1 Å². The molecule has 0 spiro atoms. The molecule has 150 valence electrons. The SMILES string of the molecule is CC(=O)N1C=Cc2ccccc2C1CC(=O)N1CCCC1Cc1ccccc1Cl. The van der Waals surface area contributed by atoms with Crippen LogP contribution in [-0.2, 0) is 16.0 Å². The minimum atomic E-state index is -0.261. The molecule has 2 aliphatic rings. The molecule has 2 aromatic carbocycles. The highest BCUT2D eigenvalue weighted by Gasteiger charge is 2.34. The van der Waals surface area contributed by atoms with E-state index < -0.39 is 0 Å². The van der Waals surface area contributed by atoms with E-state index in [2.05, 4.69) is 0 Å². The standard InChI is InChI=1S/C24H25ClN2O2/c1-17(28)26-14-12-18-7-2-4-10-21(18)23(26)16-24(29)27-13-6-9-20(27)15-19-8-3-5-11-22(19)25/h2-5,7-8,10-12,14,20,23H,6,9,13,15-16H2,1H3. The van der Waals surface area contributed by atoms with Gasteiger partial charge in [0.25, 0.3) is 0 Å². The maximum absolute atomic E-state index is 13.3. The van der Waals surface area contributed by atoms with Crippen LogP contribution in [0.15, 0.2) is 54.7 Å². The number of amides is 2. The first-order valence-electron chi connectivity index (χ1n) is 10.1. The average molecular weight is 409 g/mol. The number of carbonyl (C=O) groups excluding carboxylic acids is 2. The fourth-order valence-corrected chi connectivity index (χ4v) is 4.70. The number of halogens is 1. The van der Waals surface area contributed by atoms with Crippen molar-refractivity contribution in [3.63, 3.8) is 0 Å². The lowest BCUT2D eigenvalue weighted by atomic mass is 9.93. The molecule has 0 aromatic heterocycles. The first-order valence-corrected chi connectivity index (χ1v) is 10.5. The minimum absolute atomic E-state index is 0.0532. The third-order valence-electron chi connectivity index (χ3n) is 5.95. The van der Waals surface area contributed by atoms with Gasteiger partial charge in [-0.15, -0.1) is 0 Å². The number of likely N-dealkylation sites (tertiary alicyclic amines) is 1. The molecule has 1 saturated heterocycles. The molecular weight excluding hydrogens is 384 g/mol. The fraction of sp³-hybridized carbons (Fsp3) is 0.333. The molecule has 0 N–H and O–H groups in total. The Balaban J connectivity index is 1.53. The summed E-state index contributed by atoms with van der Waals surface area (Å²) in [5.41, 5.74) is 3.17. The second-order valence-corrected chi connectivity index (χ2v) is 8.18. The van der Waals surface area contributed by atoms with Crippen molar-refractivity contribution in [2.45, 2.75) is 44.7 Å². The topological polar surface area (TPSA) is 40.6 Å². The summed E-state index contributed by atoms with van der Waals surface area (Å²) in [5, 5.41) is 0.751. The molecule has 29 heavy (non-hydrogen) atoms. The number of nitrogens with zero attached hydrogens (tertiary/aromatic N) is 2. The van der Waals surface area contributed by atoms with Gasteiger partial charge in [-0.05, 0) is 48.1 Å². The van der Waals surface area contributed by atoms with Crippen LogP contribution >= 0.6 is 11.6 Å². The largest absolute Gasteiger partial charge is 0.339 e. The molecule has 2 atom stereocenters. The summed E-state index contributed by atoms with van der Waals surface area (Å²) in [4.78, 5) is 29.2. The van der Waals surface area contributed by atoms with Crippen molar-refractivity contribution >= 4 is 29.5 Å². The third kappa shape index (κ3) is 4.08. The van der Waals surface area contributed by atoms with Crippen LogP contribution in [0.3, 0.4) is 0 Å².